The van der Waals surface area contributed by atoms with Gasteiger partial charge < -0.3 is 5.32 Å². The van der Waals surface area contributed by atoms with Gasteiger partial charge in [-0.05, 0) is 58.4 Å². The first kappa shape index (κ1) is 14.7. The Labute approximate surface area is 117 Å². The van der Waals surface area contributed by atoms with Gasteiger partial charge in [-0.3, -0.25) is 4.90 Å². The molecule has 18 heavy (non-hydrogen) atoms. The van der Waals surface area contributed by atoms with Crippen molar-refractivity contribution in [2.75, 3.05) is 25.9 Å². The first-order chi connectivity index (χ1) is 8.67. The van der Waals surface area contributed by atoms with E-state index in [2.05, 4.69) is 42.1 Å². The fourth-order valence-electron chi connectivity index (χ4n) is 3.47. The van der Waals surface area contributed by atoms with E-state index < -0.39 is 0 Å². The van der Waals surface area contributed by atoms with E-state index >= 15 is 0 Å². The summed E-state index contributed by atoms with van der Waals surface area (Å²) in [5.74, 6) is 0. The van der Waals surface area contributed by atoms with Crippen LogP contribution < -0.4 is 5.32 Å². The number of hydrogen-bond acceptors (Lipinski definition) is 3. The number of hydrogen-bond donors (Lipinski definition) is 1. The highest BCUT2D eigenvalue weighted by atomic mass is 32.2. The van der Waals surface area contributed by atoms with Gasteiger partial charge in [-0.15, -0.1) is 0 Å². The molecule has 3 atom stereocenters. The van der Waals surface area contributed by atoms with Crippen molar-refractivity contribution >= 4 is 11.8 Å². The van der Waals surface area contributed by atoms with E-state index in [9.17, 15) is 0 Å². The van der Waals surface area contributed by atoms with Gasteiger partial charge in [-0.1, -0.05) is 13.3 Å². The predicted molar refractivity (Wildman–Crippen MR) is 82.4 cm³/mol. The van der Waals surface area contributed by atoms with Crippen LogP contribution in [0.15, 0.2) is 0 Å². The molecule has 1 aliphatic heterocycles. The van der Waals surface area contributed by atoms with Crippen LogP contribution in [0.4, 0.5) is 0 Å². The molecule has 0 radical (unpaired) electrons. The highest BCUT2D eigenvalue weighted by molar-refractivity contribution is 7.99. The molecule has 3 heteroatoms. The fourth-order valence-corrected chi connectivity index (χ4v) is 4.29. The Morgan fingerprint density at radius 2 is 2.17 bits per heavy atom. The summed E-state index contributed by atoms with van der Waals surface area (Å²) >= 11 is 2.08. The minimum absolute atomic E-state index is 0.336. The van der Waals surface area contributed by atoms with E-state index in [1.165, 1.54) is 58.2 Å². The van der Waals surface area contributed by atoms with Crippen molar-refractivity contribution in [1.82, 2.24) is 10.2 Å². The normalized spacial score (nSPS) is 39.5. The molecule has 0 aromatic carbocycles. The van der Waals surface area contributed by atoms with Gasteiger partial charge in [0.15, 0.2) is 0 Å². The molecular formula is C15H30N2S. The molecule has 0 aromatic heterocycles. The van der Waals surface area contributed by atoms with Gasteiger partial charge in [-0.2, -0.15) is 11.8 Å². The zero-order valence-corrected chi connectivity index (χ0v) is 13.2. The second kappa shape index (κ2) is 6.62. The van der Waals surface area contributed by atoms with Crippen molar-refractivity contribution < 1.29 is 0 Å². The van der Waals surface area contributed by atoms with Crippen LogP contribution in [0.1, 0.15) is 52.4 Å². The summed E-state index contributed by atoms with van der Waals surface area (Å²) in [7, 11) is 0. The first-order valence-corrected chi connectivity index (χ1v) is 8.97. The van der Waals surface area contributed by atoms with Gasteiger partial charge in [0, 0.05) is 23.4 Å². The fraction of sp³-hybridized carbons (Fsp3) is 1.00. The zero-order chi connectivity index (χ0) is 13.0. The molecule has 1 N–H and O–H groups in total. The average Bonchev–Trinajstić information content (AvgIpc) is 2.62. The lowest BCUT2D eigenvalue weighted by molar-refractivity contribution is 0.131. The molecule has 1 saturated carbocycles. The van der Waals surface area contributed by atoms with Crippen LogP contribution in [0, 0.1) is 0 Å². The Morgan fingerprint density at radius 3 is 2.89 bits per heavy atom. The lowest BCUT2D eigenvalue weighted by Gasteiger charge is -2.40. The summed E-state index contributed by atoms with van der Waals surface area (Å²) in [6.45, 7) is 8.46. The van der Waals surface area contributed by atoms with Crippen LogP contribution in [0.5, 0.6) is 0 Å². The van der Waals surface area contributed by atoms with Gasteiger partial charge in [-0.25, -0.2) is 0 Å². The van der Waals surface area contributed by atoms with Crippen molar-refractivity contribution in [3.63, 3.8) is 0 Å². The molecule has 0 amide bonds. The lowest BCUT2D eigenvalue weighted by atomic mass is 9.91. The largest absolute Gasteiger partial charge is 0.310 e. The van der Waals surface area contributed by atoms with Crippen LogP contribution >= 0.6 is 11.8 Å². The highest BCUT2D eigenvalue weighted by Gasteiger charge is 2.32. The second-order valence-electron chi connectivity index (χ2n) is 6.34. The predicted octanol–water partition coefficient (Wildman–Crippen LogP) is 3.12. The smallest absolute Gasteiger partial charge is 0.0277 e. The van der Waals surface area contributed by atoms with Gasteiger partial charge >= 0.3 is 0 Å². The summed E-state index contributed by atoms with van der Waals surface area (Å²) in [4.78, 5) is 2.80. The zero-order valence-electron chi connectivity index (χ0n) is 12.4. The van der Waals surface area contributed by atoms with Crippen LogP contribution in [0.25, 0.3) is 0 Å². The third kappa shape index (κ3) is 3.64. The number of nitrogens with zero attached hydrogens (tertiary/aromatic N) is 1. The van der Waals surface area contributed by atoms with E-state index in [-0.39, 0.29) is 0 Å². The summed E-state index contributed by atoms with van der Waals surface area (Å²) < 4.78 is 0. The van der Waals surface area contributed by atoms with E-state index in [4.69, 9.17) is 0 Å². The van der Waals surface area contributed by atoms with Crippen LogP contribution in [-0.4, -0.2) is 47.6 Å². The van der Waals surface area contributed by atoms with Gasteiger partial charge in [0.2, 0.25) is 0 Å². The summed E-state index contributed by atoms with van der Waals surface area (Å²) in [6.07, 6.45) is 10.6. The van der Waals surface area contributed by atoms with E-state index in [0.717, 1.165) is 11.3 Å². The Bertz CT molecular complexity index is 259. The minimum Gasteiger partial charge on any atom is -0.310 e. The molecule has 2 rings (SSSR count). The van der Waals surface area contributed by atoms with E-state index in [0.29, 0.717) is 5.54 Å². The molecule has 0 spiro atoms. The Balaban J connectivity index is 1.97. The van der Waals surface area contributed by atoms with E-state index in [1.807, 2.05) is 0 Å². The molecule has 0 bridgehead atoms. The standard InChI is InChI=1S/C15H30N2S/c1-4-15(2)12-17(10-6-9-16-15)13-7-5-8-14(11-13)18-3/h13-14,16H,4-12H2,1-3H3. The Hall–Kier alpha value is 0.270. The maximum Gasteiger partial charge on any atom is 0.0277 e. The maximum absolute atomic E-state index is 3.76. The molecule has 2 aliphatic rings. The van der Waals surface area contributed by atoms with Crippen molar-refractivity contribution in [1.29, 1.82) is 0 Å². The topological polar surface area (TPSA) is 15.3 Å². The van der Waals surface area contributed by atoms with Crippen LogP contribution in [0.2, 0.25) is 0 Å². The van der Waals surface area contributed by atoms with Crippen molar-refractivity contribution in [2.24, 2.45) is 0 Å². The molecule has 1 saturated heterocycles. The molecule has 1 heterocycles. The van der Waals surface area contributed by atoms with E-state index in [1.54, 1.807) is 0 Å². The van der Waals surface area contributed by atoms with Crippen LogP contribution in [-0.2, 0) is 0 Å². The van der Waals surface area contributed by atoms with Gasteiger partial charge in [0.1, 0.15) is 0 Å². The molecular weight excluding hydrogens is 240 g/mol. The summed E-state index contributed by atoms with van der Waals surface area (Å²) in [6, 6.07) is 0.849. The number of rotatable bonds is 3. The molecule has 0 aromatic rings. The maximum atomic E-state index is 3.76. The van der Waals surface area contributed by atoms with Gasteiger partial charge in [0.05, 0.1) is 0 Å². The van der Waals surface area contributed by atoms with Crippen LogP contribution in [0.3, 0.4) is 0 Å². The molecule has 1 aliphatic carbocycles. The first-order valence-electron chi connectivity index (χ1n) is 7.69. The highest BCUT2D eigenvalue weighted by Crippen LogP contribution is 2.31. The number of nitrogens with one attached hydrogen (secondary N) is 1. The number of thioether (sulfide) groups is 1. The third-order valence-corrected chi connectivity index (χ3v) is 6.05. The Kier molecular flexibility index (Phi) is 5.40. The third-order valence-electron chi connectivity index (χ3n) is 4.95. The minimum atomic E-state index is 0.336. The monoisotopic (exact) mass is 270 g/mol. The Morgan fingerprint density at radius 1 is 1.33 bits per heavy atom. The van der Waals surface area contributed by atoms with Crippen molar-refractivity contribution in [3.05, 3.63) is 0 Å². The molecule has 106 valence electrons. The quantitative estimate of drug-likeness (QED) is 0.848. The molecule has 2 nitrogen and oxygen atoms in total. The summed E-state index contributed by atoms with van der Waals surface area (Å²) in [5, 5.41) is 4.67. The van der Waals surface area contributed by atoms with Crippen molar-refractivity contribution in [2.45, 2.75) is 69.2 Å². The average molecular weight is 270 g/mol. The lowest BCUT2D eigenvalue weighted by Crippen LogP contribution is -2.51. The van der Waals surface area contributed by atoms with Gasteiger partial charge in [0.25, 0.3) is 0 Å². The van der Waals surface area contributed by atoms with Crippen molar-refractivity contribution in [3.8, 4) is 0 Å². The molecule has 2 fully saturated rings. The second-order valence-corrected chi connectivity index (χ2v) is 7.48. The SMILES string of the molecule is CCC1(C)CN(C2CCCC(SC)C2)CCCN1. The molecule has 3 unspecified atom stereocenters. The summed E-state index contributed by atoms with van der Waals surface area (Å²) in [5.41, 5.74) is 0.336.